The van der Waals surface area contributed by atoms with Gasteiger partial charge in [-0.15, -0.1) is 5.10 Å². The number of fused-ring (bicyclic) bond motifs is 1. The summed E-state index contributed by atoms with van der Waals surface area (Å²) in [7, 11) is 0. The van der Waals surface area contributed by atoms with Gasteiger partial charge in [0, 0.05) is 17.0 Å². The number of nitrogens with one attached hydrogen (secondary N) is 1. The summed E-state index contributed by atoms with van der Waals surface area (Å²) in [6.45, 7) is 5.50. The quantitative estimate of drug-likeness (QED) is 0.124. The molecule has 2 heterocycles. The Morgan fingerprint density at radius 2 is 1.93 bits per heavy atom. The minimum atomic E-state index is -0.595. The summed E-state index contributed by atoms with van der Waals surface area (Å²) in [4.78, 5) is 17.8. The van der Waals surface area contributed by atoms with Crippen LogP contribution < -0.4 is 10.1 Å². The van der Waals surface area contributed by atoms with Crippen LogP contribution in [-0.2, 0) is 21.9 Å². The molecule has 0 fully saturated rings. The van der Waals surface area contributed by atoms with Gasteiger partial charge < -0.3 is 14.8 Å². The third kappa shape index (κ3) is 6.05. The van der Waals surface area contributed by atoms with Gasteiger partial charge in [-0.05, 0) is 42.3 Å². The van der Waals surface area contributed by atoms with E-state index in [1.165, 1.54) is 23.9 Å². The van der Waals surface area contributed by atoms with Crippen molar-refractivity contribution >= 4 is 35.3 Å². The number of anilines is 1. The first-order valence-corrected chi connectivity index (χ1v) is 13.9. The van der Waals surface area contributed by atoms with Gasteiger partial charge in [0.1, 0.15) is 30.8 Å². The van der Waals surface area contributed by atoms with Crippen LogP contribution in [0.15, 0.2) is 102 Å². The summed E-state index contributed by atoms with van der Waals surface area (Å²) < 4.78 is 27.1. The average molecular weight is 577 g/mol. The third-order valence-electron chi connectivity index (χ3n) is 6.24. The van der Waals surface area contributed by atoms with E-state index in [1.54, 1.807) is 28.9 Å². The second-order valence-electron chi connectivity index (χ2n) is 8.95. The van der Waals surface area contributed by atoms with Crippen LogP contribution in [-0.4, -0.2) is 27.3 Å². The van der Waals surface area contributed by atoms with Gasteiger partial charge >= 0.3 is 5.97 Å². The van der Waals surface area contributed by atoms with Gasteiger partial charge in [0.2, 0.25) is 11.1 Å². The number of ether oxygens (including phenoxy) is 2. The van der Waals surface area contributed by atoms with E-state index in [4.69, 9.17) is 26.2 Å². The zero-order chi connectivity index (χ0) is 28.1. The maximum Gasteiger partial charge on any atom is 0.338 e. The molecular weight excluding hydrogens is 551 g/mol. The average Bonchev–Trinajstić information content (AvgIpc) is 3.37. The second-order valence-corrected chi connectivity index (χ2v) is 10.3. The summed E-state index contributed by atoms with van der Waals surface area (Å²) in [5, 5.41) is 8.82. The lowest BCUT2D eigenvalue weighted by Gasteiger charge is -2.28. The maximum atomic E-state index is 14.2. The normalized spacial score (nSPS) is 14.3. The number of hydrogen-bond donors (Lipinski definition) is 1. The first-order valence-electron chi connectivity index (χ1n) is 12.5. The molecule has 204 valence electrons. The molecule has 1 aliphatic rings. The van der Waals surface area contributed by atoms with E-state index in [1.807, 2.05) is 49.4 Å². The van der Waals surface area contributed by atoms with Crippen molar-refractivity contribution in [2.24, 2.45) is 0 Å². The van der Waals surface area contributed by atoms with Crippen LogP contribution in [0, 0.1) is 5.82 Å². The van der Waals surface area contributed by atoms with Crippen LogP contribution in [0.3, 0.4) is 0 Å². The molecule has 40 heavy (non-hydrogen) atoms. The van der Waals surface area contributed by atoms with E-state index in [0.717, 1.165) is 11.1 Å². The summed E-state index contributed by atoms with van der Waals surface area (Å²) in [6.07, 6.45) is 1.52. The van der Waals surface area contributed by atoms with Gasteiger partial charge in [-0.3, -0.25) is 0 Å². The summed E-state index contributed by atoms with van der Waals surface area (Å²) >= 11 is 7.63. The van der Waals surface area contributed by atoms with E-state index in [-0.39, 0.29) is 18.8 Å². The highest BCUT2D eigenvalue weighted by atomic mass is 35.5. The Hall–Kier alpha value is -4.08. The number of hydrogen-bond acceptors (Lipinski definition) is 7. The minimum Gasteiger partial charge on any atom is -0.489 e. The topological polar surface area (TPSA) is 78.3 Å². The van der Waals surface area contributed by atoms with Crippen molar-refractivity contribution in [3.8, 4) is 5.75 Å². The van der Waals surface area contributed by atoms with Crippen molar-refractivity contribution in [1.82, 2.24) is 14.8 Å². The molecule has 0 amide bonds. The van der Waals surface area contributed by atoms with Crippen molar-refractivity contribution < 1.29 is 18.7 Å². The summed E-state index contributed by atoms with van der Waals surface area (Å²) in [5.74, 6) is 0.832. The molecule has 7 nitrogen and oxygen atoms in total. The first kappa shape index (κ1) is 27.5. The molecule has 10 heteroatoms. The molecule has 0 saturated carbocycles. The Kier molecular flexibility index (Phi) is 8.52. The molecule has 1 atom stereocenters. The predicted octanol–water partition coefficient (Wildman–Crippen LogP) is 6.96. The highest BCUT2D eigenvalue weighted by molar-refractivity contribution is 7.98. The lowest BCUT2D eigenvalue weighted by molar-refractivity contribution is -0.138. The lowest BCUT2D eigenvalue weighted by Crippen LogP contribution is -2.29. The number of allylic oxidation sites excluding steroid dienone is 1. The standard InChI is InChI=1S/C30H26ClFN4O3S/c1-3-16-38-28(37)26-19(2)33-29-34-30(40-18-20-8-5-4-6-9-20)35-36(29)27(26)21-12-14-22(15-13-21)39-17-23-24(31)10-7-11-25(23)32/h3-15,27H,1,16-18H2,2H3,(H,33,34,35). The van der Waals surface area contributed by atoms with Crippen molar-refractivity contribution in [1.29, 1.82) is 0 Å². The predicted molar refractivity (Wildman–Crippen MR) is 154 cm³/mol. The fourth-order valence-electron chi connectivity index (χ4n) is 4.27. The number of benzene rings is 3. The van der Waals surface area contributed by atoms with Gasteiger partial charge in [0.15, 0.2) is 0 Å². The number of esters is 1. The monoisotopic (exact) mass is 576 g/mol. The van der Waals surface area contributed by atoms with E-state index in [0.29, 0.717) is 38.9 Å². The highest BCUT2D eigenvalue weighted by Gasteiger charge is 2.35. The first-order chi connectivity index (χ1) is 19.4. The molecule has 1 aromatic heterocycles. The molecule has 0 aliphatic carbocycles. The summed E-state index contributed by atoms with van der Waals surface area (Å²) in [6, 6.07) is 21.2. The Balaban J connectivity index is 1.42. The number of carbonyl (C=O) groups is 1. The zero-order valence-corrected chi connectivity index (χ0v) is 23.2. The fourth-order valence-corrected chi connectivity index (χ4v) is 5.27. The molecule has 0 radical (unpaired) electrons. The van der Waals surface area contributed by atoms with Crippen LogP contribution >= 0.6 is 23.4 Å². The van der Waals surface area contributed by atoms with Crippen molar-refractivity contribution in [3.63, 3.8) is 0 Å². The Morgan fingerprint density at radius 1 is 1.15 bits per heavy atom. The van der Waals surface area contributed by atoms with Gasteiger partial charge in [-0.2, -0.15) is 4.98 Å². The number of aromatic nitrogens is 3. The lowest BCUT2D eigenvalue weighted by atomic mass is 9.96. The molecule has 4 aromatic rings. The molecule has 3 aromatic carbocycles. The molecule has 1 aliphatic heterocycles. The van der Waals surface area contributed by atoms with E-state index in [2.05, 4.69) is 16.9 Å². The van der Waals surface area contributed by atoms with Gasteiger partial charge in [0.05, 0.1) is 10.6 Å². The summed E-state index contributed by atoms with van der Waals surface area (Å²) in [5.41, 5.74) is 3.23. The molecular formula is C30H26ClFN4O3S. The van der Waals surface area contributed by atoms with Crippen LogP contribution in [0.2, 0.25) is 5.02 Å². The van der Waals surface area contributed by atoms with Crippen LogP contribution in [0.25, 0.3) is 0 Å². The van der Waals surface area contributed by atoms with Gasteiger partial charge in [-0.25, -0.2) is 13.9 Å². The third-order valence-corrected chi connectivity index (χ3v) is 7.50. The van der Waals surface area contributed by atoms with Gasteiger partial charge in [0.25, 0.3) is 0 Å². The SMILES string of the molecule is C=CCOC(=O)C1=C(C)Nc2nc(SCc3ccccc3)nn2C1c1ccc(OCc2c(F)cccc2Cl)cc1. The molecule has 5 rings (SSSR count). The highest BCUT2D eigenvalue weighted by Crippen LogP contribution is 2.37. The smallest absolute Gasteiger partial charge is 0.338 e. The number of halogens is 2. The van der Waals surface area contributed by atoms with E-state index in [9.17, 15) is 9.18 Å². The van der Waals surface area contributed by atoms with Gasteiger partial charge in [-0.1, -0.05) is 84.5 Å². The van der Waals surface area contributed by atoms with Crippen LogP contribution in [0.4, 0.5) is 10.3 Å². The Morgan fingerprint density at radius 3 is 2.65 bits per heavy atom. The maximum absolute atomic E-state index is 14.2. The van der Waals surface area contributed by atoms with E-state index >= 15 is 0 Å². The molecule has 0 saturated heterocycles. The minimum absolute atomic E-state index is 0.0223. The van der Waals surface area contributed by atoms with Crippen molar-refractivity contribution in [2.45, 2.75) is 30.5 Å². The largest absolute Gasteiger partial charge is 0.489 e. The molecule has 1 unspecified atom stereocenters. The second kappa shape index (κ2) is 12.4. The Labute approximate surface area is 240 Å². The molecule has 0 spiro atoms. The zero-order valence-electron chi connectivity index (χ0n) is 21.6. The Bertz CT molecular complexity index is 1540. The number of rotatable bonds is 10. The van der Waals surface area contributed by atoms with Crippen molar-refractivity contribution in [2.75, 3.05) is 11.9 Å². The number of carbonyl (C=O) groups excluding carboxylic acids is 1. The van der Waals surface area contributed by atoms with Crippen LogP contribution in [0.5, 0.6) is 5.75 Å². The van der Waals surface area contributed by atoms with Crippen LogP contribution in [0.1, 0.15) is 29.7 Å². The molecule has 0 bridgehead atoms. The number of thioether (sulfide) groups is 1. The van der Waals surface area contributed by atoms with Crippen molar-refractivity contribution in [3.05, 3.63) is 124 Å². The molecule has 1 N–H and O–H groups in total. The van der Waals surface area contributed by atoms with E-state index < -0.39 is 17.8 Å². The fraction of sp³-hybridized carbons (Fsp3) is 0.167. The number of nitrogens with zero attached hydrogens (tertiary/aromatic N) is 3.